The summed E-state index contributed by atoms with van der Waals surface area (Å²) in [5.41, 5.74) is 0.680. The van der Waals surface area contributed by atoms with Crippen molar-refractivity contribution in [3.63, 3.8) is 0 Å². The third-order valence-corrected chi connectivity index (χ3v) is 2.83. The van der Waals surface area contributed by atoms with Crippen molar-refractivity contribution in [3.8, 4) is 0 Å². The van der Waals surface area contributed by atoms with Gasteiger partial charge in [0.15, 0.2) is 0 Å². The number of halogens is 2. The number of aromatic nitrogens is 2. The molecular weight excluding hydrogens is 364 g/mol. The monoisotopic (exact) mass is 370 g/mol. The van der Waals surface area contributed by atoms with Crippen molar-refractivity contribution >= 4 is 49.5 Å². The minimum Gasteiger partial charge on any atom is -0.308 e. The van der Waals surface area contributed by atoms with Crippen molar-refractivity contribution < 1.29 is 4.79 Å². The molecule has 0 fully saturated rings. The molecule has 2 amide bonds. The molecule has 1 aromatic heterocycles. The van der Waals surface area contributed by atoms with E-state index in [-0.39, 0.29) is 5.95 Å². The molecule has 2 aromatic rings. The third-order valence-electron chi connectivity index (χ3n) is 1.93. The highest BCUT2D eigenvalue weighted by Crippen LogP contribution is 2.15. The molecule has 0 atom stereocenters. The molecule has 1 aromatic carbocycles. The number of hydrogen-bond donors (Lipinski definition) is 2. The van der Waals surface area contributed by atoms with Gasteiger partial charge in [0.25, 0.3) is 0 Å². The number of nitrogens with zero attached hydrogens (tertiary/aromatic N) is 2. The second-order valence-corrected chi connectivity index (χ2v) is 5.15. The lowest BCUT2D eigenvalue weighted by molar-refractivity contribution is 0.262. The summed E-state index contributed by atoms with van der Waals surface area (Å²) in [6.07, 6.45) is 3.11. The van der Waals surface area contributed by atoms with Crippen molar-refractivity contribution in [1.82, 2.24) is 9.97 Å². The zero-order valence-electron chi connectivity index (χ0n) is 9.02. The molecule has 1 heterocycles. The molecule has 0 saturated carbocycles. The van der Waals surface area contributed by atoms with E-state index in [1.54, 1.807) is 24.5 Å². The lowest BCUT2D eigenvalue weighted by atomic mass is 10.3. The molecule has 5 nitrogen and oxygen atoms in total. The van der Waals surface area contributed by atoms with Crippen LogP contribution in [0.15, 0.2) is 45.6 Å². The van der Waals surface area contributed by atoms with Gasteiger partial charge in [0.05, 0.1) is 4.47 Å². The minimum absolute atomic E-state index is 0.241. The molecule has 92 valence electrons. The first-order valence-electron chi connectivity index (χ1n) is 4.94. The highest BCUT2D eigenvalue weighted by atomic mass is 79.9. The number of carbonyl (C=O) groups excluding carboxylic acids is 1. The summed E-state index contributed by atoms with van der Waals surface area (Å²) < 4.78 is 1.64. The Kier molecular flexibility index (Phi) is 4.27. The van der Waals surface area contributed by atoms with E-state index < -0.39 is 6.03 Å². The van der Waals surface area contributed by atoms with Crippen LogP contribution >= 0.6 is 31.9 Å². The van der Waals surface area contributed by atoms with Gasteiger partial charge in [-0.15, -0.1) is 0 Å². The topological polar surface area (TPSA) is 66.9 Å². The molecule has 18 heavy (non-hydrogen) atoms. The van der Waals surface area contributed by atoms with E-state index in [2.05, 4.69) is 52.5 Å². The Morgan fingerprint density at radius 3 is 2.44 bits per heavy atom. The number of anilines is 2. The standard InChI is InChI=1S/C11H8Br2N4O/c12-7-2-1-3-9(4-7)16-11(18)17-10-14-5-8(13)6-15-10/h1-6H,(H2,14,15,16,17,18). The van der Waals surface area contributed by atoms with Crippen molar-refractivity contribution in [1.29, 1.82) is 0 Å². The SMILES string of the molecule is O=C(Nc1cccc(Br)c1)Nc1ncc(Br)cn1. The quantitative estimate of drug-likeness (QED) is 0.846. The van der Waals surface area contributed by atoms with E-state index in [4.69, 9.17) is 0 Å². The zero-order chi connectivity index (χ0) is 13.0. The lowest BCUT2D eigenvalue weighted by Gasteiger charge is -2.06. The van der Waals surface area contributed by atoms with Crippen LogP contribution in [0.3, 0.4) is 0 Å². The first kappa shape index (κ1) is 13.0. The van der Waals surface area contributed by atoms with Gasteiger partial charge in [-0.25, -0.2) is 14.8 Å². The van der Waals surface area contributed by atoms with Crippen molar-refractivity contribution in [2.24, 2.45) is 0 Å². The molecule has 0 unspecified atom stereocenters. The average molecular weight is 372 g/mol. The van der Waals surface area contributed by atoms with Crippen molar-refractivity contribution in [3.05, 3.63) is 45.6 Å². The molecule has 0 bridgehead atoms. The maximum absolute atomic E-state index is 11.6. The number of rotatable bonds is 2. The predicted molar refractivity (Wildman–Crippen MR) is 76.5 cm³/mol. The minimum atomic E-state index is -0.393. The maximum Gasteiger partial charge on any atom is 0.326 e. The van der Waals surface area contributed by atoms with Gasteiger partial charge in [0.1, 0.15) is 0 Å². The van der Waals surface area contributed by atoms with Crippen LogP contribution in [0.25, 0.3) is 0 Å². The third kappa shape index (κ3) is 3.78. The summed E-state index contributed by atoms with van der Waals surface area (Å²) in [5.74, 6) is 0.241. The van der Waals surface area contributed by atoms with Gasteiger partial charge in [-0.05, 0) is 34.1 Å². The average Bonchev–Trinajstić information content (AvgIpc) is 2.32. The largest absolute Gasteiger partial charge is 0.326 e. The molecule has 7 heteroatoms. The smallest absolute Gasteiger partial charge is 0.308 e. The Balaban J connectivity index is 1.98. The van der Waals surface area contributed by atoms with E-state index in [0.29, 0.717) is 5.69 Å². The Labute approximate surface area is 120 Å². The molecule has 0 spiro atoms. The van der Waals surface area contributed by atoms with Gasteiger partial charge in [0, 0.05) is 22.6 Å². The normalized spacial score (nSPS) is 9.89. The van der Waals surface area contributed by atoms with Crippen LogP contribution in [-0.4, -0.2) is 16.0 Å². The molecular formula is C11H8Br2N4O. The number of benzene rings is 1. The summed E-state index contributed by atoms with van der Waals surface area (Å²) in [7, 11) is 0. The van der Waals surface area contributed by atoms with Crippen LogP contribution in [0.4, 0.5) is 16.4 Å². The number of hydrogen-bond acceptors (Lipinski definition) is 3. The van der Waals surface area contributed by atoms with Gasteiger partial charge < -0.3 is 5.32 Å². The van der Waals surface area contributed by atoms with Crippen LogP contribution < -0.4 is 10.6 Å². The Bertz CT molecular complexity index is 559. The fraction of sp³-hybridized carbons (Fsp3) is 0. The van der Waals surface area contributed by atoms with Crippen molar-refractivity contribution in [2.75, 3.05) is 10.6 Å². The van der Waals surface area contributed by atoms with E-state index in [0.717, 1.165) is 8.95 Å². The van der Waals surface area contributed by atoms with Gasteiger partial charge in [0.2, 0.25) is 5.95 Å². The van der Waals surface area contributed by atoms with E-state index >= 15 is 0 Å². The predicted octanol–water partition coefficient (Wildman–Crippen LogP) is 3.65. The molecule has 2 N–H and O–H groups in total. The van der Waals surface area contributed by atoms with Crippen LogP contribution in [0.5, 0.6) is 0 Å². The Morgan fingerprint density at radius 2 is 1.78 bits per heavy atom. The molecule has 0 aliphatic carbocycles. The van der Waals surface area contributed by atoms with E-state index in [1.165, 1.54) is 0 Å². The van der Waals surface area contributed by atoms with Gasteiger partial charge >= 0.3 is 6.03 Å². The summed E-state index contributed by atoms with van der Waals surface area (Å²) in [4.78, 5) is 19.5. The van der Waals surface area contributed by atoms with Gasteiger partial charge in [-0.2, -0.15) is 0 Å². The highest BCUT2D eigenvalue weighted by Gasteiger charge is 2.04. The Hall–Kier alpha value is -1.47. The fourth-order valence-electron chi connectivity index (χ4n) is 1.21. The molecule has 2 rings (SSSR count). The summed E-state index contributed by atoms with van der Waals surface area (Å²) in [6, 6.07) is 6.89. The highest BCUT2D eigenvalue weighted by molar-refractivity contribution is 9.10. The second kappa shape index (κ2) is 5.92. The van der Waals surface area contributed by atoms with E-state index in [9.17, 15) is 4.79 Å². The summed E-state index contributed by atoms with van der Waals surface area (Å²) >= 11 is 6.54. The fourth-order valence-corrected chi connectivity index (χ4v) is 1.81. The van der Waals surface area contributed by atoms with E-state index in [1.807, 2.05) is 12.1 Å². The Morgan fingerprint density at radius 1 is 1.06 bits per heavy atom. The second-order valence-electron chi connectivity index (χ2n) is 3.31. The molecule has 0 aliphatic rings. The molecule has 0 aliphatic heterocycles. The number of urea groups is 1. The number of amides is 2. The first-order valence-corrected chi connectivity index (χ1v) is 6.53. The van der Waals surface area contributed by atoms with Crippen molar-refractivity contribution in [2.45, 2.75) is 0 Å². The zero-order valence-corrected chi connectivity index (χ0v) is 12.2. The summed E-state index contributed by atoms with van der Waals surface area (Å²) in [6.45, 7) is 0. The molecule has 0 saturated heterocycles. The maximum atomic E-state index is 11.6. The molecule has 0 radical (unpaired) electrons. The van der Waals surface area contributed by atoms with Crippen LogP contribution in [0.2, 0.25) is 0 Å². The summed E-state index contributed by atoms with van der Waals surface area (Å²) in [5, 5.41) is 5.20. The van der Waals surface area contributed by atoms with Crippen LogP contribution in [-0.2, 0) is 0 Å². The number of carbonyl (C=O) groups is 1. The first-order chi connectivity index (χ1) is 8.63. The van der Waals surface area contributed by atoms with Gasteiger partial charge in [-0.3, -0.25) is 5.32 Å². The lowest BCUT2D eigenvalue weighted by Crippen LogP contribution is -2.20. The van der Waals surface area contributed by atoms with Crippen LogP contribution in [0.1, 0.15) is 0 Å². The van der Waals surface area contributed by atoms with Crippen LogP contribution in [0, 0.1) is 0 Å². The number of nitrogens with one attached hydrogen (secondary N) is 2. The van der Waals surface area contributed by atoms with Gasteiger partial charge in [-0.1, -0.05) is 22.0 Å².